The Balaban J connectivity index is 2.24. The number of fused-ring (bicyclic) bond motifs is 1. The van der Waals surface area contributed by atoms with Crippen molar-refractivity contribution in [2.45, 2.75) is 13.3 Å². The molecule has 1 aromatic heterocycles. The summed E-state index contributed by atoms with van der Waals surface area (Å²) in [5.41, 5.74) is 2.18. The molecule has 0 saturated carbocycles. The molecule has 0 saturated heterocycles. The Labute approximate surface area is 113 Å². The Morgan fingerprint density at radius 1 is 1.37 bits per heavy atom. The van der Waals surface area contributed by atoms with Gasteiger partial charge in [0.25, 0.3) is 0 Å². The lowest BCUT2D eigenvalue weighted by atomic mass is 10.1. The van der Waals surface area contributed by atoms with E-state index in [1.807, 2.05) is 42.9 Å². The first-order chi connectivity index (χ1) is 9.17. The summed E-state index contributed by atoms with van der Waals surface area (Å²) in [6.45, 7) is 2.97. The van der Waals surface area contributed by atoms with Gasteiger partial charge in [0.15, 0.2) is 0 Å². The predicted octanol–water partition coefficient (Wildman–Crippen LogP) is 1.56. The van der Waals surface area contributed by atoms with Gasteiger partial charge in [-0.2, -0.15) is 0 Å². The van der Waals surface area contributed by atoms with Gasteiger partial charge in [0.1, 0.15) is 0 Å². The normalized spacial score (nSPS) is 10.9. The Kier molecular flexibility index (Phi) is 4.22. The van der Waals surface area contributed by atoms with Crippen LogP contribution < -0.4 is 0 Å². The fourth-order valence-electron chi connectivity index (χ4n) is 2.42. The van der Waals surface area contributed by atoms with Crippen LogP contribution in [0.15, 0.2) is 30.5 Å². The van der Waals surface area contributed by atoms with Crippen molar-refractivity contribution < 1.29 is 9.90 Å². The van der Waals surface area contributed by atoms with Crippen LogP contribution in [0, 0.1) is 0 Å². The molecule has 2 rings (SSSR count). The molecule has 4 heteroatoms. The smallest absolute Gasteiger partial charge is 0.227 e. The Hall–Kier alpha value is -1.81. The standard InChI is InChI=1S/C15H20N2O2/c1-3-17(8-9-18)15(19)10-12-11-16(2)14-7-5-4-6-13(12)14/h4-7,11,18H,3,8-10H2,1-2H3. The van der Waals surface area contributed by atoms with E-state index in [1.165, 1.54) is 0 Å². The second kappa shape index (κ2) is 5.89. The maximum atomic E-state index is 12.2. The molecule has 102 valence electrons. The molecular weight excluding hydrogens is 240 g/mol. The number of hydrogen-bond acceptors (Lipinski definition) is 2. The maximum absolute atomic E-state index is 12.2. The lowest BCUT2D eigenvalue weighted by Crippen LogP contribution is -2.34. The zero-order chi connectivity index (χ0) is 13.8. The van der Waals surface area contributed by atoms with Gasteiger partial charge in [-0.1, -0.05) is 18.2 Å². The zero-order valence-electron chi connectivity index (χ0n) is 11.5. The summed E-state index contributed by atoms with van der Waals surface area (Å²) in [7, 11) is 1.99. The van der Waals surface area contributed by atoms with Crippen LogP contribution >= 0.6 is 0 Å². The van der Waals surface area contributed by atoms with E-state index in [0.717, 1.165) is 16.5 Å². The van der Waals surface area contributed by atoms with E-state index < -0.39 is 0 Å². The van der Waals surface area contributed by atoms with E-state index in [9.17, 15) is 4.79 Å². The van der Waals surface area contributed by atoms with E-state index in [-0.39, 0.29) is 12.5 Å². The fraction of sp³-hybridized carbons (Fsp3) is 0.400. The minimum atomic E-state index is 0.00905. The number of hydrogen-bond donors (Lipinski definition) is 1. The number of benzene rings is 1. The molecule has 4 nitrogen and oxygen atoms in total. The molecule has 2 aromatic rings. The van der Waals surface area contributed by atoms with Crippen LogP contribution in [0.1, 0.15) is 12.5 Å². The highest BCUT2D eigenvalue weighted by molar-refractivity contribution is 5.89. The molecule has 0 spiro atoms. The van der Waals surface area contributed by atoms with E-state index >= 15 is 0 Å². The van der Waals surface area contributed by atoms with E-state index in [4.69, 9.17) is 5.11 Å². The summed E-state index contributed by atoms with van der Waals surface area (Å²) in [6.07, 6.45) is 2.39. The van der Waals surface area contributed by atoms with Crippen LogP contribution in [0.25, 0.3) is 10.9 Å². The number of carbonyl (C=O) groups excluding carboxylic acids is 1. The molecule has 1 N–H and O–H groups in total. The SMILES string of the molecule is CCN(CCO)C(=O)Cc1cn(C)c2ccccc12. The summed E-state index contributed by atoms with van der Waals surface area (Å²) in [5, 5.41) is 10.1. The van der Waals surface area contributed by atoms with Gasteiger partial charge in [-0.05, 0) is 18.6 Å². The van der Waals surface area contributed by atoms with Gasteiger partial charge in [0.05, 0.1) is 13.0 Å². The van der Waals surface area contributed by atoms with Gasteiger partial charge < -0.3 is 14.6 Å². The van der Waals surface area contributed by atoms with Gasteiger partial charge >= 0.3 is 0 Å². The van der Waals surface area contributed by atoms with Gasteiger partial charge in [-0.15, -0.1) is 0 Å². The summed E-state index contributed by atoms with van der Waals surface area (Å²) in [4.78, 5) is 13.9. The van der Waals surface area contributed by atoms with Crippen molar-refractivity contribution in [2.75, 3.05) is 19.7 Å². The number of nitrogens with zero attached hydrogens (tertiary/aromatic N) is 2. The lowest BCUT2D eigenvalue weighted by Gasteiger charge is -2.19. The topological polar surface area (TPSA) is 45.5 Å². The van der Waals surface area contributed by atoms with Crippen LogP contribution in [-0.2, 0) is 18.3 Å². The number of carbonyl (C=O) groups is 1. The van der Waals surface area contributed by atoms with Crippen molar-refractivity contribution in [2.24, 2.45) is 7.05 Å². The first-order valence-corrected chi connectivity index (χ1v) is 6.59. The summed E-state index contributed by atoms with van der Waals surface area (Å²) < 4.78 is 2.04. The highest BCUT2D eigenvalue weighted by Gasteiger charge is 2.14. The number of aliphatic hydroxyl groups is 1. The third-order valence-electron chi connectivity index (χ3n) is 3.43. The average molecular weight is 260 g/mol. The number of rotatable bonds is 5. The number of aryl methyl sites for hydroxylation is 1. The van der Waals surface area contributed by atoms with Crippen LogP contribution in [0.4, 0.5) is 0 Å². The molecular formula is C15H20N2O2. The summed E-state index contributed by atoms with van der Waals surface area (Å²) in [5.74, 6) is 0.0629. The number of amides is 1. The van der Waals surface area contributed by atoms with Crippen molar-refractivity contribution in [3.05, 3.63) is 36.0 Å². The van der Waals surface area contributed by atoms with Gasteiger partial charge in [-0.25, -0.2) is 0 Å². The highest BCUT2D eigenvalue weighted by Crippen LogP contribution is 2.21. The molecule has 0 aliphatic carbocycles. The Bertz CT molecular complexity index is 575. The molecule has 0 atom stereocenters. The second-order valence-corrected chi connectivity index (χ2v) is 4.66. The maximum Gasteiger partial charge on any atom is 0.227 e. The molecule has 0 aliphatic rings. The minimum Gasteiger partial charge on any atom is -0.395 e. The molecule has 0 radical (unpaired) electrons. The van der Waals surface area contributed by atoms with Gasteiger partial charge in [0, 0.05) is 37.2 Å². The monoisotopic (exact) mass is 260 g/mol. The second-order valence-electron chi connectivity index (χ2n) is 4.66. The molecule has 1 aromatic carbocycles. The number of likely N-dealkylation sites (N-methyl/N-ethyl adjacent to an activating group) is 1. The fourth-order valence-corrected chi connectivity index (χ4v) is 2.42. The summed E-state index contributed by atoms with van der Waals surface area (Å²) >= 11 is 0. The van der Waals surface area contributed by atoms with Crippen LogP contribution in [0.2, 0.25) is 0 Å². The van der Waals surface area contributed by atoms with Crippen molar-refractivity contribution in [3.63, 3.8) is 0 Å². The largest absolute Gasteiger partial charge is 0.395 e. The quantitative estimate of drug-likeness (QED) is 0.886. The molecule has 1 amide bonds. The first-order valence-electron chi connectivity index (χ1n) is 6.59. The molecule has 0 fully saturated rings. The van der Waals surface area contributed by atoms with Crippen LogP contribution in [-0.4, -0.2) is 40.2 Å². The number of aromatic nitrogens is 1. The number of para-hydroxylation sites is 1. The van der Waals surface area contributed by atoms with Gasteiger partial charge in [0.2, 0.25) is 5.91 Å². The first kappa shape index (κ1) is 13.6. The lowest BCUT2D eigenvalue weighted by molar-refractivity contribution is -0.130. The Morgan fingerprint density at radius 2 is 2.11 bits per heavy atom. The zero-order valence-corrected chi connectivity index (χ0v) is 11.5. The average Bonchev–Trinajstić information content (AvgIpc) is 2.73. The van der Waals surface area contributed by atoms with E-state index in [0.29, 0.717) is 19.5 Å². The molecule has 19 heavy (non-hydrogen) atoms. The molecule has 0 unspecified atom stereocenters. The third kappa shape index (κ3) is 2.79. The van der Waals surface area contributed by atoms with Crippen molar-refractivity contribution in [1.29, 1.82) is 0 Å². The van der Waals surface area contributed by atoms with Crippen molar-refractivity contribution >= 4 is 16.8 Å². The molecule has 1 heterocycles. The van der Waals surface area contributed by atoms with Crippen molar-refractivity contribution in [1.82, 2.24) is 9.47 Å². The van der Waals surface area contributed by atoms with Crippen LogP contribution in [0.5, 0.6) is 0 Å². The predicted molar refractivity (Wildman–Crippen MR) is 76.0 cm³/mol. The summed E-state index contributed by atoms with van der Waals surface area (Å²) in [6, 6.07) is 8.08. The van der Waals surface area contributed by atoms with E-state index in [1.54, 1.807) is 4.90 Å². The minimum absolute atomic E-state index is 0.00905. The molecule has 0 bridgehead atoms. The Morgan fingerprint density at radius 3 is 2.79 bits per heavy atom. The number of aliphatic hydroxyl groups excluding tert-OH is 1. The van der Waals surface area contributed by atoms with E-state index in [2.05, 4.69) is 6.07 Å². The van der Waals surface area contributed by atoms with Crippen molar-refractivity contribution in [3.8, 4) is 0 Å². The highest BCUT2D eigenvalue weighted by atomic mass is 16.3. The molecule has 0 aliphatic heterocycles. The van der Waals surface area contributed by atoms with Gasteiger partial charge in [-0.3, -0.25) is 4.79 Å². The third-order valence-corrected chi connectivity index (χ3v) is 3.43. The van der Waals surface area contributed by atoms with Crippen LogP contribution in [0.3, 0.4) is 0 Å².